The zero-order valence-electron chi connectivity index (χ0n) is 10.0. The fourth-order valence-electron chi connectivity index (χ4n) is 1.65. The third-order valence-corrected chi connectivity index (χ3v) is 2.61. The second-order valence-electron chi connectivity index (χ2n) is 4.54. The molecule has 16 heavy (non-hydrogen) atoms. The van der Waals surface area contributed by atoms with Crippen molar-refractivity contribution in [2.75, 3.05) is 0 Å². The first-order valence-electron chi connectivity index (χ1n) is 5.35. The van der Waals surface area contributed by atoms with E-state index in [1.807, 2.05) is 27.7 Å². The number of hydrogen-bond acceptors (Lipinski definition) is 3. The van der Waals surface area contributed by atoms with Crippen LogP contribution in [0.4, 0.5) is 5.69 Å². The molecule has 0 aliphatic heterocycles. The van der Waals surface area contributed by atoms with Gasteiger partial charge in [-0.2, -0.15) is 0 Å². The van der Waals surface area contributed by atoms with E-state index >= 15 is 0 Å². The van der Waals surface area contributed by atoms with Crippen molar-refractivity contribution in [1.29, 1.82) is 0 Å². The van der Waals surface area contributed by atoms with Crippen LogP contribution in [0.3, 0.4) is 0 Å². The highest BCUT2D eigenvalue weighted by molar-refractivity contribution is 5.51. The van der Waals surface area contributed by atoms with Gasteiger partial charge in [0.05, 0.1) is 4.92 Å². The molecule has 88 valence electrons. The lowest BCUT2D eigenvalue weighted by atomic mass is 9.93. The van der Waals surface area contributed by atoms with E-state index in [0.29, 0.717) is 11.1 Å². The lowest BCUT2D eigenvalue weighted by Crippen LogP contribution is -1.99. The molecule has 0 radical (unpaired) electrons. The molecule has 0 amide bonds. The Balaban J connectivity index is 3.45. The Labute approximate surface area is 95.1 Å². The molecule has 0 atom stereocenters. The van der Waals surface area contributed by atoms with Gasteiger partial charge in [0.2, 0.25) is 0 Å². The van der Waals surface area contributed by atoms with Crippen molar-refractivity contribution in [3.8, 4) is 5.75 Å². The van der Waals surface area contributed by atoms with Crippen LogP contribution in [-0.2, 0) is 0 Å². The van der Waals surface area contributed by atoms with E-state index in [2.05, 4.69) is 0 Å². The van der Waals surface area contributed by atoms with E-state index in [1.165, 1.54) is 12.1 Å². The summed E-state index contributed by atoms with van der Waals surface area (Å²) in [6, 6.07) is 2.90. The summed E-state index contributed by atoms with van der Waals surface area (Å²) in [4.78, 5) is 10.4. The molecule has 0 aromatic heterocycles. The number of nitro groups is 1. The van der Waals surface area contributed by atoms with Gasteiger partial charge in [0.25, 0.3) is 5.69 Å². The third-order valence-electron chi connectivity index (χ3n) is 2.61. The number of benzene rings is 1. The summed E-state index contributed by atoms with van der Waals surface area (Å²) in [5.74, 6) is 0.324. The van der Waals surface area contributed by atoms with Crippen molar-refractivity contribution >= 4 is 5.69 Å². The molecule has 0 heterocycles. The average molecular weight is 223 g/mol. The van der Waals surface area contributed by atoms with Gasteiger partial charge in [0, 0.05) is 23.3 Å². The van der Waals surface area contributed by atoms with Crippen molar-refractivity contribution in [2.45, 2.75) is 39.5 Å². The molecular weight excluding hydrogens is 206 g/mol. The minimum atomic E-state index is -0.419. The summed E-state index contributed by atoms with van der Waals surface area (Å²) >= 11 is 0. The van der Waals surface area contributed by atoms with E-state index in [1.54, 1.807) is 0 Å². The average Bonchev–Trinajstić information content (AvgIpc) is 2.16. The largest absolute Gasteiger partial charge is 0.507 e. The molecule has 0 fully saturated rings. The van der Waals surface area contributed by atoms with E-state index in [-0.39, 0.29) is 23.3 Å². The second-order valence-corrected chi connectivity index (χ2v) is 4.54. The molecule has 0 saturated heterocycles. The standard InChI is InChI=1S/C12H17NO3/c1-7(2)10-5-9(13(15)16)6-11(8(3)4)12(10)14/h5-8,14H,1-4H3. The molecule has 4 heteroatoms. The summed E-state index contributed by atoms with van der Waals surface area (Å²) in [5.41, 5.74) is 1.32. The zero-order valence-corrected chi connectivity index (χ0v) is 10.0. The van der Waals surface area contributed by atoms with E-state index < -0.39 is 4.92 Å². The van der Waals surface area contributed by atoms with Crippen LogP contribution in [0.5, 0.6) is 5.75 Å². The van der Waals surface area contributed by atoms with Gasteiger partial charge in [-0.3, -0.25) is 10.1 Å². The van der Waals surface area contributed by atoms with Crippen LogP contribution in [0, 0.1) is 10.1 Å². The molecule has 1 aromatic carbocycles. The van der Waals surface area contributed by atoms with Crippen LogP contribution in [-0.4, -0.2) is 10.0 Å². The summed E-state index contributed by atoms with van der Waals surface area (Å²) in [6.45, 7) is 7.62. The molecule has 0 spiro atoms. The molecule has 1 aromatic rings. The molecule has 0 aliphatic carbocycles. The highest BCUT2D eigenvalue weighted by Gasteiger charge is 2.19. The first kappa shape index (κ1) is 12.5. The van der Waals surface area contributed by atoms with E-state index in [9.17, 15) is 15.2 Å². The Morgan fingerprint density at radius 1 is 1.12 bits per heavy atom. The van der Waals surface area contributed by atoms with Crippen molar-refractivity contribution in [1.82, 2.24) is 0 Å². The zero-order chi connectivity index (χ0) is 12.5. The normalized spacial score (nSPS) is 11.1. The minimum absolute atomic E-state index is 0.0465. The predicted molar refractivity (Wildman–Crippen MR) is 62.9 cm³/mol. The van der Waals surface area contributed by atoms with Gasteiger partial charge >= 0.3 is 0 Å². The maximum atomic E-state index is 10.8. The molecule has 0 bridgehead atoms. The molecule has 4 nitrogen and oxygen atoms in total. The van der Waals surface area contributed by atoms with Gasteiger partial charge in [-0.1, -0.05) is 27.7 Å². The SMILES string of the molecule is CC(C)c1cc([N+](=O)[O-])cc(C(C)C)c1O. The molecule has 0 saturated carbocycles. The van der Waals surface area contributed by atoms with Crippen molar-refractivity contribution < 1.29 is 10.0 Å². The minimum Gasteiger partial charge on any atom is -0.507 e. The van der Waals surface area contributed by atoms with Gasteiger partial charge in [0.1, 0.15) is 5.75 Å². The van der Waals surface area contributed by atoms with Crippen molar-refractivity contribution in [3.63, 3.8) is 0 Å². The number of nitro benzene ring substituents is 1. The summed E-state index contributed by atoms with van der Waals surface area (Å²) < 4.78 is 0. The lowest BCUT2D eigenvalue weighted by Gasteiger charge is -2.14. The highest BCUT2D eigenvalue weighted by Crippen LogP contribution is 2.36. The number of phenolic OH excluding ortho intramolecular Hbond substituents is 1. The molecule has 1 rings (SSSR count). The van der Waals surface area contributed by atoms with Crippen LogP contribution < -0.4 is 0 Å². The Hall–Kier alpha value is -1.58. The first-order valence-corrected chi connectivity index (χ1v) is 5.35. The van der Waals surface area contributed by atoms with Gasteiger partial charge < -0.3 is 5.11 Å². The Bertz CT molecular complexity index is 382. The fourth-order valence-corrected chi connectivity index (χ4v) is 1.65. The Morgan fingerprint density at radius 3 is 1.75 bits per heavy atom. The molecule has 0 unspecified atom stereocenters. The number of nitrogens with zero attached hydrogens (tertiary/aromatic N) is 1. The van der Waals surface area contributed by atoms with Gasteiger partial charge in [-0.25, -0.2) is 0 Å². The van der Waals surface area contributed by atoms with Crippen LogP contribution >= 0.6 is 0 Å². The Morgan fingerprint density at radius 2 is 1.50 bits per heavy atom. The number of phenols is 1. The fraction of sp³-hybridized carbons (Fsp3) is 0.500. The summed E-state index contributed by atoms with van der Waals surface area (Å²) in [6.07, 6.45) is 0. The number of hydrogen-bond donors (Lipinski definition) is 1. The topological polar surface area (TPSA) is 63.4 Å². The van der Waals surface area contributed by atoms with Crippen molar-refractivity contribution in [3.05, 3.63) is 33.4 Å². The second kappa shape index (κ2) is 4.51. The number of non-ortho nitro benzene ring substituents is 1. The number of aromatic hydroxyl groups is 1. The third kappa shape index (κ3) is 2.32. The van der Waals surface area contributed by atoms with Crippen LogP contribution in [0.2, 0.25) is 0 Å². The summed E-state index contributed by atoms with van der Waals surface area (Å²) in [7, 11) is 0. The highest BCUT2D eigenvalue weighted by atomic mass is 16.6. The van der Waals surface area contributed by atoms with Crippen LogP contribution in [0.1, 0.15) is 50.7 Å². The van der Waals surface area contributed by atoms with E-state index in [0.717, 1.165) is 0 Å². The van der Waals surface area contributed by atoms with Crippen LogP contribution in [0.15, 0.2) is 12.1 Å². The molecular formula is C12H17NO3. The molecule has 1 N–H and O–H groups in total. The van der Waals surface area contributed by atoms with E-state index in [4.69, 9.17) is 0 Å². The summed E-state index contributed by atoms with van der Waals surface area (Å²) in [5, 5.41) is 20.8. The van der Waals surface area contributed by atoms with Gasteiger partial charge in [-0.15, -0.1) is 0 Å². The smallest absolute Gasteiger partial charge is 0.270 e. The lowest BCUT2D eigenvalue weighted by molar-refractivity contribution is -0.385. The maximum Gasteiger partial charge on any atom is 0.270 e. The predicted octanol–water partition coefficient (Wildman–Crippen LogP) is 3.55. The van der Waals surface area contributed by atoms with Crippen LogP contribution in [0.25, 0.3) is 0 Å². The Kier molecular flexibility index (Phi) is 3.52. The van der Waals surface area contributed by atoms with Crippen molar-refractivity contribution in [2.24, 2.45) is 0 Å². The van der Waals surface area contributed by atoms with Gasteiger partial charge in [0.15, 0.2) is 0 Å². The van der Waals surface area contributed by atoms with Gasteiger partial charge in [-0.05, 0) is 11.8 Å². The quantitative estimate of drug-likeness (QED) is 0.629. The maximum absolute atomic E-state index is 10.8. The first-order chi connectivity index (χ1) is 7.34. The monoisotopic (exact) mass is 223 g/mol. The number of rotatable bonds is 3. The molecule has 0 aliphatic rings.